The molecular weight excluding hydrogens is 212 g/mol. The molecule has 17 heavy (non-hydrogen) atoms. The quantitative estimate of drug-likeness (QED) is 0.791. The predicted molar refractivity (Wildman–Crippen MR) is 70.0 cm³/mol. The summed E-state index contributed by atoms with van der Waals surface area (Å²) in [5, 5.41) is 3.23. The van der Waals surface area contributed by atoms with Gasteiger partial charge in [-0.15, -0.1) is 0 Å². The summed E-state index contributed by atoms with van der Waals surface area (Å²) in [4.78, 5) is 0. The molecule has 2 rings (SSSR count). The van der Waals surface area contributed by atoms with Gasteiger partial charge in [-0.3, -0.25) is 0 Å². The Balaban J connectivity index is 2.17. The maximum Gasteiger partial charge on any atom is 0.125 e. The van der Waals surface area contributed by atoms with Gasteiger partial charge in [-0.1, -0.05) is 36.4 Å². The van der Waals surface area contributed by atoms with Crippen molar-refractivity contribution >= 4 is 5.69 Å². The fourth-order valence-electron chi connectivity index (χ4n) is 1.72. The van der Waals surface area contributed by atoms with E-state index in [1.54, 1.807) is 7.11 Å². The third kappa shape index (κ3) is 2.77. The number of benzene rings is 2. The van der Waals surface area contributed by atoms with E-state index in [0.29, 0.717) is 0 Å². The maximum absolute atomic E-state index is 6.11. The van der Waals surface area contributed by atoms with Gasteiger partial charge in [0.05, 0.1) is 7.11 Å². The second kappa shape index (κ2) is 5.37. The molecule has 0 fully saturated rings. The van der Waals surface area contributed by atoms with Crippen molar-refractivity contribution in [3.05, 3.63) is 60.2 Å². The second-order valence-electron chi connectivity index (χ2n) is 3.73. The molecule has 1 atom stereocenters. The highest BCUT2D eigenvalue weighted by atomic mass is 16.5. The first-order valence-electron chi connectivity index (χ1n) is 5.51. The van der Waals surface area contributed by atoms with Gasteiger partial charge >= 0.3 is 0 Å². The van der Waals surface area contributed by atoms with Crippen LogP contribution in [0.2, 0.25) is 0 Å². The number of ether oxygens (including phenoxy) is 1. The van der Waals surface area contributed by atoms with Crippen LogP contribution in [0.4, 0.5) is 5.69 Å². The van der Waals surface area contributed by atoms with Crippen LogP contribution in [0.1, 0.15) is 11.7 Å². The van der Waals surface area contributed by atoms with Crippen molar-refractivity contribution < 1.29 is 4.74 Å². The average molecular weight is 228 g/mol. The Morgan fingerprint density at radius 3 is 2.35 bits per heavy atom. The fraction of sp³-hybridized carbons (Fsp3) is 0.143. The molecule has 1 unspecified atom stereocenters. The van der Waals surface area contributed by atoms with Crippen molar-refractivity contribution in [1.82, 2.24) is 0 Å². The van der Waals surface area contributed by atoms with E-state index in [1.807, 2.05) is 54.6 Å². The Kier molecular flexibility index (Phi) is 3.62. The molecule has 2 aromatic carbocycles. The highest BCUT2D eigenvalue weighted by molar-refractivity contribution is 5.47. The molecular formula is C14H16N2O. The number of para-hydroxylation sites is 2. The molecule has 88 valence electrons. The lowest BCUT2D eigenvalue weighted by Gasteiger charge is -2.18. The van der Waals surface area contributed by atoms with Crippen LogP contribution in [0.25, 0.3) is 0 Å². The minimum atomic E-state index is -0.284. The molecule has 0 bridgehead atoms. The zero-order valence-corrected chi connectivity index (χ0v) is 9.76. The molecule has 3 N–H and O–H groups in total. The van der Waals surface area contributed by atoms with Crippen LogP contribution < -0.4 is 15.8 Å². The molecule has 0 saturated heterocycles. The Labute approximate surface area is 101 Å². The summed E-state index contributed by atoms with van der Waals surface area (Å²) in [6.07, 6.45) is -0.284. The molecule has 0 spiro atoms. The summed E-state index contributed by atoms with van der Waals surface area (Å²) in [7, 11) is 1.65. The largest absolute Gasteiger partial charge is 0.496 e. The zero-order valence-electron chi connectivity index (χ0n) is 9.76. The van der Waals surface area contributed by atoms with E-state index < -0.39 is 0 Å². The van der Waals surface area contributed by atoms with Crippen LogP contribution in [0.15, 0.2) is 54.6 Å². The highest BCUT2D eigenvalue weighted by Gasteiger charge is 2.10. The molecule has 0 saturated carbocycles. The maximum atomic E-state index is 6.11. The van der Waals surface area contributed by atoms with Gasteiger partial charge in [0.25, 0.3) is 0 Å². The number of hydrogen-bond donors (Lipinski definition) is 2. The number of hydrogen-bond acceptors (Lipinski definition) is 3. The monoisotopic (exact) mass is 228 g/mol. The second-order valence-corrected chi connectivity index (χ2v) is 3.73. The number of anilines is 1. The Bertz CT molecular complexity index is 471. The van der Waals surface area contributed by atoms with Crippen molar-refractivity contribution in [3.8, 4) is 5.75 Å². The Morgan fingerprint density at radius 1 is 1.00 bits per heavy atom. The molecule has 0 aromatic heterocycles. The number of rotatable bonds is 4. The molecule has 0 aliphatic heterocycles. The van der Waals surface area contributed by atoms with Crippen LogP contribution in [-0.4, -0.2) is 7.11 Å². The van der Waals surface area contributed by atoms with Gasteiger partial charge < -0.3 is 15.8 Å². The van der Waals surface area contributed by atoms with E-state index in [1.165, 1.54) is 0 Å². The van der Waals surface area contributed by atoms with E-state index in [4.69, 9.17) is 10.5 Å². The van der Waals surface area contributed by atoms with Crippen molar-refractivity contribution in [1.29, 1.82) is 0 Å². The van der Waals surface area contributed by atoms with Gasteiger partial charge in [-0.2, -0.15) is 0 Å². The summed E-state index contributed by atoms with van der Waals surface area (Å²) < 4.78 is 5.28. The standard InChI is InChI=1S/C14H16N2O/c1-17-13-10-6-5-9-12(13)14(15)16-11-7-3-2-4-8-11/h2-10,14,16H,15H2,1H3. The normalized spacial score (nSPS) is 11.9. The van der Waals surface area contributed by atoms with Gasteiger partial charge in [-0.25, -0.2) is 0 Å². The number of methoxy groups -OCH3 is 1. The summed E-state index contributed by atoms with van der Waals surface area (Å²) in [5.74, 6) is 0.795. The Hall–Kier alpha value is -2.00. The lowest BCUT2D eigenvalue weighted by atomic mass is 10.1. The van der Waals surface area contributed by atoms with E-state index in [2.05, 4.69) is 5.32 Å². The van der Waals surface area contributed by atoms with E-state index in [-0.39, 0.29) is 6.17 Å². The van der Waals surface area contributed by atoms with Crippen LogP contribution in [0.5, 0.6) is 5.75 Å². The topological polar surface area (TPSA) is 47.3 Å². The predicted octanol–water partition coefficient (Wildman–Crippen LogP) is 2.76. The lowest BCUT2D eigenvalue weighted by molar-refractivity contribution is 0.407. The van der Waals surface area contributed by atoms with Gasteiger partial charge in [0, 0.05) is 11.3 Å². The highest BCUT2D eigenvalue weighted by Crippen LogP contribution is 2.24. The van der Waals surface area contributed by atoms with Crippen molar-refractivity contribution in [2.45, 2.75) is 6.17 Å². The molecule has 0 amide bonds. The molecule has 3 nitrogen and oxygen atoms in total. The lowest BCUT2D eigenvalue weighted by Crippen LogP contribution is -2.20. The van der Waals surface area contributed by atoms with Crippen LogP contribution in [-0.2, 0) is 0 Å². The van der Waals surface area contributed by atoms with Gasteiger partial charge in [0.15, 0.2) is 0 Å². The third-order valence-electron chi connectivity index (χ3n) is 2.57. The fourth-order valence-corrected chi connectivity index (χ4v) is 1.72. The average Bonchev–Trinajstić information content (AvgIpc) is 2.40. The van der Waals surface area contributed by atoms with Crippen molar-refractivity contribution in [2.75, 3.05) is 12.4 Å². The summed E-state index contributed by atoms with van der Waals surface area (Å²) in [6.45, 7) is 0. The SMILES string of the molecule is COc1ccccc1C(N)Nc1ccccc1. The summed E-state index contributed by atoms with van der Waals surface area (Å²) in [6, 6.07) is 17.6. The van der Waals surface area contributed by atoms with E-state index in [0.717, 1.165) is 17.0 Å². The third-order valence-corrected chi connectivity index (χ3v) is 2.57. The molecule has 3 heteroatoms. The Morgan fingerprint density at radius 2 is 1.65 bits per heavy atom. The first-order valence-corrected chi connectivity index (χ1v) is 5.51. The molecule has 0 aliphatic rings. The molecule has 0 aliphatic carbocycles. The summed E-state index contributed by atoms with van der Waals surface area (Å²) in [5.41, 5.74) is 8.05. The van der Waals surface area contributed by atoms with Crippen LogP contribution in [0.3, 0.4) is 0 Å². The van der Waals surface area contributed by atoms with Crippen LogP contribution >= 0.6 is 0 Å². The van der Waals surface area contributed by atoms with Crippen LogP contribution in [0, 0.1) is 0 Å². The molecule has 0 heterocycles. The number of nitrogens with two attached hydrogens (primary N) is 1. The zero-order chi connectivity index (χ0) is 12.1. The van der Waals surface area contributed by atoms with Gasteiger partial charge in [0.1, 0.15) is 11.9 Å². The van der Waals surface area contributed by atoms with E-state index >= 15 is 0 Å². The number of nitrogens with one attached hydrogen (secondary N) is 1. The first kappa shape index (κ1) is 11.5. The minimum absolute atomic E-state index is 0.284. The van der Waals surface area contributed by atoms with Gasteiger partial charge in [-0.05, 0) is 18.2 Å². The van der Waals surface area contributed by atoms with Crippen molar-refractivity contribution in [2.24, 2.45) is 5.73 Å². The van der Waals surface area contributed by atoms with Gasteiger partial charge in [0.2, 0.25) is 0 Å². The first-order chi connectivity index (χ1) is 8.31. The van der Waals surface area contributed by atoms with Crippen molar-refractivity contribution in [3.63, 3.8) is 0 Å². The smallest absolute Gasteiger partial charge is 0.125 e. The molecule has 0 radical (unpaired) electrons. The molecule has 2 aromatic rings. The minimum Gasteiger partial charge on any atom is -0.496 e. The van der Waals surface area contributed by atoms with E-state index in [9.17, 15) is 0 Å². The summed E-state index contributed by atoms with van der Waals surface area (Å²) >= 11 is 0.